The van der Waals surface area contributed by atoms with E-state index in [-0.39, 0.29) is 23.8 Å². The lowest BCUT2D eigenvalue weighted by atomic mass is 10.0. The van der Waals surface area contributed by atoms with E-state index in [0.717, 1.165) is 17.7 Å². The first-order valence-electron chi connectivity index (χ1n) is 6.72. The van der Waals surface area contributed by atoms with E-state index in [0.29, 0.717) is 5.56 Å². The van der Waals surface area contributed by atoms with Crippen LogP contribution >= 0.6 is 0 Å². The Hall–Kier alpha value is -2.20. The Balaban J connectivity index is 2.07. The zero-order chi connectivity index (χ0) is 15.9. The third kappa shape index (κ3) is 2.74. The summed E-state index contributed by atoms with van der Waals surface area (Å²) in [6, 6.07) is 6.47. The summed E-state index contributed by atoms with van der Waals surface area (Å²) in [6.07, 6.45) is -6.34. The van der Waals surface area contributed by atoms with Crippen molar-refractivity contribution in [2.75, 3.05) is 4.90 Å². The number of ether oxygens (including phenoxy) is 1. The van der Waals surface area contributed by atoms with Crippen molar-refractivity contribution in [1.82, 2.24) is 0 Å². The Labute approximate surface area is 124 Å². The quantitative estimate of drug-likeness (QED) is 0.811. The summed E-state index contributed by atoms with van der Waals surface area (Å²) in [5.41, 5.74) is 0.222. The van der Waals surface area contributed by atoms with Crippen molar-refractivity contribution in [2.45, 2.75) is 31.7 Å². The van der Waals surface area contributed by atoms with Crippen molar-refractivity contribution in [1.29, 1.82) is 0 Å². The molecular weight excluding hydrogens is 299 g/mol. The third-order valence-electron chi connectivity index (χ3n) is 3.46. The van der Waals surface area contributed by atoms with Crippen LogP contribution in [0.15, 0.2) is 18.2 Å². The molecule has 1 saturated carbocycles. The van der Waals surface area contributed by atoms with Gasteiger partial charge in [0.2, 0.25) is 6.10 Å². The lowest BCUT2D eigenvalue weighted by molar-refractivity contribution is -0.206. The second kappa shape index (κ2) is 5.21. The van der Waals surface area contributed by atoms with Gasteiger partial charge in [0.05, 0.1) is 12.3 Å². The monoisotopic (exact) mass is 311 g/mol. The van der Waals surface area contributed by atoms with Gasteiger partial charge in [0.25, 0.3) is 0 Å². The van der Waals surface area contributed by atoms with Crippen LogP contribution in [0, 0.1) is 17.9 Å². The second-order valence-electron chi connectivity index (χ2n) is 5.22. The van der Waals surface area contributed by atoms with E-state index in [4.69, 9.17) is 5.11 Å². The fraction of sp³-hybridized carbons (Fsp3) is 0.400. The van der Waals surface area contributed by atoms with Gasteiger partial charge in [-0.3, -0.25) is 0 Å². The summed E-state index contributed by atoms with van der Waals surface area (Å²) in [5, 5.41) is 9.15. The first-order chi connectivity index (χ1) is 10.4. The number of fused-ring (bicyclic) bond motifs is 1. The maximum absolute atomic E-state index is 13.0. The number of hydrogen-bond donors (Lipinski definition) is 1. The minimum atomic E-state index is -4.71. The Kier molecular flexibility index (Phi) is 3.49. The van der Waals surface area contributed by atoms with Crippen LogP contribution in [0.4, 0.5) is 23.7 Å². The van der Waals surface area contributed by atoms with Crippen LogP contribution in [0.3, 0.4) is 0 Å². The van der Waals surface area contributed by atoms with E-state index in [1.54, 1.807) is 0 Å². The SMILES string of the molecule is O=C1OC(C(F)(F)F)c2ccc(CO)cc2N1C#CC1CC1. The molecule has 3 rings (SSSR count). The van der Waals surface area contributed by atoms with E-state index in [2.05, 4.69) is 16.7 Å². The number of benzene rings is 1. The predicted octanol–water partition coefficient (Wildman–Crippen LogP) is 3.11. The van der Waals surface area contributed by atoms with E-state index in [1.807, 2.05) is 0 Å². The Morgan fingerprint density at radius 1 is 1.36 bits per heavy atom. The molecule has 1 N–H and O–H groups in total. The highest BCUT2D eigenvalue weighted by molar-refractivity contribution is 5.94. The highest BCUT2D eigenvalue weighted by Crippen LogP contribution is 2.44. The number of amides is 1. The summed E-state index contributed by atoms with van der Waals surface area (Å²) >= 11 is 0. The molecule has 1 fully saturated rings. The van der Waals surface area contributed by atoms with Gasteiger partial charge in [-0.05, 0) is 24.5 Å². The Bertz CT molecular complexity index is 671. The van der Waals surface area contributed by atoms with Crippen LogP contribution in [0.25, 0.3) is 0 Å². The molecular formula is C15H12F3NO3. The van der Waals surface area contributed by atoms with Gasteiger partial charge < -0.3 is 9.84 Å². The maximum atomic E-state index is 13.0. The fourth-order valence-electron chi connectivity index (χ4n) is 2.15. The second-order valence-corrected chi connectivity index (χ2v) is 5.22. The number of rotatable bonds is 1. The molecule has 1 amide bonds. The summed E-state index contributed by atoms with van der Waals surface area (Å²) < 4.78 is 43.7. The first-order valence-corrected chi connectivity index (χ1v) is 6.72. The molecule has 2 aliphatic rings. The summed E-state index contributed by atoms with van der Waals surface area (Å²) in [5.74, 6) is 3.00. The molecule has 1 aliphatic heterocycles. The van der Waals surface area contributed by atoms with Crippen LogP contribution in [-0.2, 0) is 11.3 Å². The van der Waals surface area contributed by atoms with E-state index >= 15 is 0 Å². The van der Waals surface area contributed by atoms with Gasteiger partial charge in [-0.2, -0.15) is 13.2 Å². The average molecular weight is 311 g/mol. The smallest absolute Gasteiger partial charge is 0.430 e. The van der Waals surface area contributed by atoms with Crippen LogP contribution < -0.4 is 4.90 Å². The van der Waals surface area contributed by atoms with Crippen LogP contribution in [-0.4, -0.2) is 17.4 Å². The zero-order valence-corrected chi connectivity index (χ0v) is 11.4. The van der Waals surface area contributed by atoms with Gasteiger partial charge in [-0.15, -0.1) is 0 Å². The molecule has 116 valence electrons. The molecule has 1 aromatic carbocycles. The van der Waals surface area contributed by atoms with E-state index in [9.17, 15) is 18.0 Å². The molecule has 0 radical (unpaired) electrons. The molecule has 22 heavy (non-hydrogen) atoms. The minimum absolute atomic E-state index is 0.0123. The molecule has 0 saturated heterocycles. The zero-order valence-electron chi connectivity index (χ0n) is 11.4. The van der Waals surface area contributed by atoms with Gasteiger partial charge in [-0.1, -0.05) is 18.1 Å². The maximum Gasteiger partial charge on any atom is 0.430 e. The van der Waals surface area contributed by atoms with E-state index in [1.165, 1.54) is 18.2 Å². The van der Waals surface area contributed by atoms with Crippen LogP contribution in [0.5, 0.6) is 0 Å². The largest absolute Gasteiger partial charge is 0.430 e. The standard InChI is InChI=1S/C15H12F3NO3/c16-15(17,18)13-11-4-3-10(8-20)7-12(11)19(14(21)22-13)6-5-9-1-2-9/h3-4,7,9,13,20H,1-2,8H2. The molecule has 0 spiro atoms. The number of cyclic esters (lactones) is 1. The number of alkyl halides is 3. The number of carbonyl (C=O) groups excluding carboxylic acids is 1. The molecule has 1 unspecified atom stereocenters. The van der Waals surface area contributed by atoms with Crippen molar-refractivity contribution in [3.05, 3.63) is 29.3 Å². The molecule has 4 nitrogen and oxygen atoms in total. The molecule has 1 aliphatic carbocycles. The average Bonchev–Trinajstić information content (AvgIpc) is 3.28. The highest BCUT2D eigenvalue weighted by Gasteiger charge is 2.49. The summed E-state index contributed by atoms with van der Waals surface area (Å²) in [6.45, 7) is -0.344. The number of nitrogens with zero attached hydrogens (tertiary/aromatic N) is 1. The normalized spacial score (nSPS) is 20.8. The van der Waals surface area contributed by atoms with Crippen molar-refractivity contribution in [3.8, 4) is 12.0 Å². The summed E-state index contributed by atoms with van der Waals surface area (Å²) in [7, 11) is 0. The van der Waals surface area contributed by atoms with Crippen molar-refractivity contribution < 1.29 is 27.8 Å². The van der Waals surface area contributed by atoms with Crippen LogP contribution in [0.2, 0.25) is 0 Å². The lowest BCUT2D eigenvalue weighted by Crippen LogP contribution is -2.39. The topological polar surface area (TPSA) is 49.8 Å². The van der Waals surface area contributed by atoms with Gasteiger partial charge in [-0.25, -0.2) is 9.69 Å². The van der Waals surface area contributed by atoms with Crippen LogP contribution in [0.1, 0.15) is 30.1 Å². The number of carbonyl (C=O) groups is 1. The van der Waals surface area contributed by atoms with Crippen molar-refractivity contribution in [2.24, 2.45) is 5.92 Å². The van der Waals surface area contributed by atoms with Crippen molar-refractivity contribution in [3.63, 3.8) is 0 Å². The number of hydrogen-bond acceptors (Lipinski definition) is 3. The molecule has 7 heteroatoms. The number of halogens is 3. The number of aliphatic hydroxyl groups is 1. The van der Waals surface area contributed by atoms with Gasteiger partial charge in [0, 0.05) is 17.5 Å². The first kappa shape index (κ1) is 14.7. The predicted molar refractivity (Wildman–Crippen MR) is 70.6 cm³/mol. The Morgan fingerprint density at radius 3 is 2.68 bits per heavy atom. The molecule has 1 aromatic rings. The number of anilines is 1. The summed E-state index contributed by atoms with van der Waals surface area (Å²) in [4.78, 5) is 12.8. The minimum Gasteiger partial charge on any atom is -0.430 e. The third-order valence-corrected chi connectivity index (χ3v) is 3.46. The molecule has 1 atom stereocenters. The molecule has 0 aromatic heterocycles. The van der Waals surface area contributed by atoms with Gasteiger partial charge >= 0.3 is 12.3 Å². The molecule has 1 heterocycles. The fourth-order valence-corrected chi connectivity index (χ4v) is 2.15. The van der Waals surface area contributed by atoms with Gasteiger partial charge in [0.15, 0.2) is 0 Å². The lowest BCUT2D eigenvalue weighted by Gasteiger charge is -2.31. The van der Waals surface area contributed by atoms with E-state index < -0.39 is 18.4 Å². The Morgan fingerprint density at radius 2 is 2.09 bits per heavy atom. The van der Waals surface area contributed by atoms with Gasteiger partial charge in [0.1, 0.15) is 0 Å². The molecule has 0 bridgehead atoms. The highest BCUT2D eigenvalue weighted by atomic mass is 19.4. The number of aliphatic hydroxyl groups excluding tert-OH is 1. The van der Waals surface area contributed by atoms with Crippen molar-refractivity contribution >= 4 is 11.8 Å².